The Morgan fingerprint density at radius 3 is 3.06 bits per heavy atom. The van der Waals surface area contributed by atoms with Gasteiger partial charge in [0.2, 0.25) is 0 Å². The van der Waals surface area contributed by atoms with E-state index >= 15 is 0 Å². The number of nitriles is 1. The predicted octanol–water partition coefficient (Wildman–Crippen LogP) is 1.78. The van der Waals surface area contributed by atoms with Crippen LogP contribution in [0.15, 0.2) is 35.1 Å². The van der Waals surface area contributed by atoms with Gasteiger partial charge in [-0.3, -0.25) is 4.79 Å². The van der Waals surface area contributed by atoms with Crippen LogP contribution < -0.4 is 5.32 Å². The number of benzene rings is 1. The lowest BCUT2D eigenvalue weighted by Crippen LogP contribution is -2.22. The number of rotatable bonds is 3. The predicted molar refractivity (Wildman–Crippen MR) is 63.6 cm³/mol. The van der Waals surface area contributed by atoms with Gasteiger partial charge in [0.1, 0.15) is 5.76 Å². The van der Waals surface area contributed by atoms with Crippen molar-refractivity contribution >= 4 is 5.91 Å². The minimum Gasteiger partial charge on any atom is -0.446 e. The first-order valence-electron chi connectivity index (χ1n) is 5.38. The molecule has 1 heterocycles. The summed E-state index contributed by atoms with van der Waals surface area (Å²) in [4.78, 5) is 15.8. The molecule has 2 aromatic rings. The lowest BCUT2D eigenvalue weighted by Gasteiger charge is -2.03. The monoisotopic (exact) mass is 241 g/mol. The summed E-state index contributed by atoms with van der Waals surface area (Å²) in [5, 5.41) is 11.5. The van der Waals surface area contributed by atoms with E-state index in [1.54, 1.807) is 31.2 Å². The fourth-order valence-corrected chi connectivity index (χ4v) is 1.49. The van der Waals surface area contributed by atoms with Gasteiger partial charge in [-0.1, -0.05) is 6.07 Å². The number of oxazole rings is 1. The number of carbonyl (C=O) groups is 1. The normalized spacial score (nSPS) is 9.78. The van der Waals surface area contributed by atoms with Gasteiger partial charge in [0.25, 0.3) is 5.91 Å². The minimum atomic E-state index is -0.247. The number of hydrogen-bond acceptors (Lipinski definition) is 4. The molecule has 0 fully saturated rings. The molecule has 5 nitrogen and oxygen atoms in total. The summed E-state index contributed by atoms with van der Waals surface area (Å²) >= 11 is 0. The lowest BCUT2D eigenvalue weighted by atomic mass is 10.1. The maximum absolute atomic E-state index is 11.8. The van der Waals surface area contributed by atoms with Gasteiger partial charge in [0, 0.05) is 5.56 Å². The van der Waals surface area contributed by atoms with Gasteiger partial charge in [-0.15, -0.1) is 0 Å². The first kappa shape index (κ1) is 11.9. The van der Waals surface area contributed by atoms with Crippen molar-refractivity contribution in [2.24, 2.45) is 0 Å². The van der Waals surface area contributed by atoms with Crippen LogP contribution >= 0.6 is 0 Å². The zero-order valence-corrected chi connectivity index (χ0v) is 9.80. The SMILES string of the molecule is Cc1ncoc1CNC(=O)c1cccc(C#N)c1. The highest BCUT2D eigenvalue weighted by Gasteiger charge is 2.08. The molecule has 1 aromatic heterocycles. The Kier molecular flexibility index (Phi) is 3.39. The Balaban J connectivity index is 2.04. The molecule has 0 spiro atoms. The molecule has 2 rings (SSSR count). The number of nitrogens with one attached hydrogen (secondary N) is 1. The number of hydrogen-bond donors (Lipinski definition) is 1. The van der Waals surface area contributed by atoms with Crippen molar-refractivity contribution in [1.82, 2.24) is 10.3 Å². The average Bonchev–Trinajstić information content (AvgIpc) is 2.81. The fraction of sp³-hybridized carbons (Fsp3) is 0.154. The molecule has 1 aromatic carbocycles. The first-order chi connectivity index (χ1) is 8.70. The van der Waals surface area contributed by atoms with Crippen LogP contribution in [0.2, 0.25) is 0 Å². The summed E-state index contributed by atoms with van der Waals surface area (Å²) in [6.45, 7) is 2.09. The number of nitrogens with zero attached hydrogens (tertiary/aromatic N) is 2. The van der Waals surface area contributed by atoms with Crippen LogP contribution in [0.1, 0.15) is 27.4 Å². The molecule has 90 valence electrons. The van der Waals surface area contributed by atoms with Crippen molar-refractivity contribution < 1.29 is 9.21 Å². The van der Waals surface area contributed by atoms with Crippen LogP contribution in [0.4, 0.5) is 0 Å². The molecule has 5 heteroatoms. The van der Waals surface area contributed by atoms with E-state index in [0.717, 1.165) is 5.69 Å². The van der Waals surface area contributed by atoms with Crippen molar-refractivity contribution in [3.63, 3.8) is 0 Å². The van der Waals surface area contributed by atoms with Crippen molar-refractivity contribution in [2.45, 2.75) is 13.5 Å². The molecule has 0 unspecified atom stereocenters. The van der Waals surface area contributed by atoms with Gasteiger partial charge in [-0.2, -0.15) is 5.26 Å². The third kappa shape index (κ3) is 2.55. The first-order valence-corrected chi connectivity index (χ1v) is 5.38. The number of aryl methyl sites for hydroxylation is 1. The molecule has 0 saturated carbocycles. The number of amides is 1. The topological polar surface area (TPSA) is 78.9 Å². The zero-order valence-electron chi connectivity index (χ0n) is 9.80. The highest BCUT2D eigenvalue weighted by molar-refractivity contribution is 5.94. The maximum atomic E-state index is 11.8. The quantitative estimate of drug-likeness (QED) is 0.888. The van der Waals surface area contributed by atoms with Crippen LogP contribution in [-0.2, 0) is 6.54 Å². The second-order valence-electron chi connectivity index (χ2n) is 3.74. The smallest absolute Gasteiger partial charge is 0.251 e. The molecule has 0 atom stereocenters. The average molecular weight is 241 g/mol. The van der Waals surface area contributed by atoms with Gasteiger partial charge < -0.3 is 9.73 Å². The lowest BCUT2D eigenvalue weighted by molar-refractivity contribution is 0.0948. The molecule has 0 saturated heterocycles. The summed E-state index contributed by atoms with van der Waals surface area (Å²) < 4.78 is 5.12. The number of aromatic nitrogens is 1. The van der Waals surface area contributed by atoms with Crippen molar-refractivity contribution in [2.75, 3.05) is 0 Å². The van der Waals surface area contributed by atoms with Crippen LogP contribution in [0.5, 0.6) is 0 Å². The molecular formula is C13H11N3O2. The van der Waals surface area contributed by atoms with Gasteiger partial charge in [-0.05, 0) is 25.1 Å². The third-order valence-electron chi connectivity index (χ3n) is 2.51. The van der Waals surface area contributed by atoms with Gasteiger partial charge in [0.15, 0.2) is 6.39 Å². The summed E-state index contributed by atoms with van der Waals surface area (Å²) in [5.74, 6) is 0.377. The van der Waals surface area contributed by atoms with Crippen LogP contribution in [-0.4, -0.2) is 10.9 Å². The Hall–Kier alpha value is -2.61. The second kappa shape index (κ2) is 5.15. The molecule has 0 aliphatic carbocycles. The largest absolute Gasteiger partial charge is 0.446 e. The highest BCUT2D eigenvalue weighted by atomic mass is 16.3. The summed E-state index contributed by atoms with van der Waals surface area (Å²) in [6, 6.07) is 8.52. The van der Waals surface area contributed by atoms with E-state index < -0.39 is 0 Å². The third-order valence-corrected chi connectivity index (χ3v) is 2.51. The summed E-state index contributed by atoms with van der Waals surface area (Å²) in [5.41, 5.74) is 1.66. The fourth-order valence-electron chi connectivity index (χ4n) is 1.49. The molecular weight excluding hydrogens is 230 g/mol. The Morgan fingerprint density at radius 2 is 2.39 bits per heavy atom. The Labute approximate surface area is 104 Å². The molecule has 1 N–H and O–H groups in total. The molecule has 0 radical (unpaired) electrons. The minimum absolute atomic E-state index is 0.247. The van der Waals surface area contributed by atoms with Crippen LogP contribution in [0.25, 0.3) is 0 Å². The van der Waals surface area contributed by atoms with Gasteiger partial charge >= 0.3 is 0 Å². The molecule has 0 aliphatic heterocycles. The van der Waals surface area contributed by atoms with Crippen molar-refractivity contribution in [1.29, 1.82) is 5.26 Å². The van der Waals surface area contributed by atoms with Crippen molar-refractivity contribution in [3.8, 4) is 6.07 Å². The second-order valence-corrected chi connectivity index (χ2v) is 3.74. The van der Waals surface area contributed by atoms with E-state index in [1.807, 2.05) is 6.07 Å². The highest BCUT2D eigenvalue weighted by Crippen LogP contribution is 2.07. The number of carbonyl (C=O) groups excluding carboxylic acids is 1. The van der Waals surface area contributed by atoms with Gasteiger partial charge in [-0.25, -0.2) is 4.98 Å². The summed E-state index contributed by atoms with van der Waals surface area (Å²) in [7, 11) is 0. The van der Waals surface area contributed by atoms with E-state index in [9.17, 15) is 4.79 Å². The van der Waals surface area contributed by atoms with E-state index in [2.05, 4.69) is 10.3 Å². The van der Waals surface area contributed by atoms with Gasteiger partial charge in [0.05, 0.1) is 23.9 Å². The molecule has 1 amide bonds. The van der Waals surface area contributed by atoms with E-state index in [4.69, 9.17) is 9.68 Å². The van der Waals surface area contributed by atoms with E-state index in [0.29, 0.717) is 16.9 Å². The molecule has 18 heavy (non-hydrogen) atoms. The molecule has 0 aliphatic rings. The molecule has 0 bridgehead atoms. The maximum Gasteiger partial charge on any atom is 0.251 e. The van der Waals surface area contributed by atoms with Crippen molar-refractivity contribution in [3.05, 3.63) is 53.2 Å². The van der Waals surface area contributed by atoms with Crippen LogP contribution in [0, 0.1) is 18.3 Å². The van der Waals surface area contributed by atoms with E-state index in [1.165, 1.54) is 6.39 Å². The standard InChI is InChI=1S/C13H11N3O2/c1-9-12(18-8-16-9)7-15-13(17)11-4-2-3-10(5-11)6-14/h2-5,8H,7H2,1H3,(H,15,17). The van der Waals surface area contributed by atoms with E-state index in [-0.39, 0.29) is 12.5 Å². The Bertz CT molecular complexity index is 611. The van der Waals surface area contributed by atoms with Crippen LogP contribution in [0.3, 0.4) is 0 Å². The Morgan fingerprint density at radius 1 is 1.56 bits per heavy atom. The summed E-state index contributed by atoms with van der Waals surface area (Å²) in [6.07, 6.45) is 1.34. The zero-order chi connectivity index (χ0) is 13.0.